The maximum Gasteiger partial charge on any atom is 0.0695 e. The van der Waals surface area contributed by atoms with E-state index in [4.69, 9.17) is 0 Å². The van der Waals surface area contributed by atoms with Crippen LogP contribution in [0.15, 0.2) is 0 Å². The van der Waals surface area contributed by atoms with Gasteiger partial charge in [0.2, 0.25) is 0 Å². The third-order valence-corrected chi connectivity index (χ3v) is 3.80. The summed E-state index contributed by atoms with van der Waals surface area (Å²) in [6, 6.07) is 0.986. The molecule has 1 aliphatic carbocycles. The van der Waals surface area contributed by atoms with Gasteiger partial charge in [0, 0.05) is 12.1 Å². The van der Waals surface area contributed by atoms with Crippen molar-refractivity contribution in [2.75, 3.05) is 6.54 Å². The van der Waals surface area contributed by atoms with Gasteiger partial charge in [0.15, 0.2) is 0 Å². The molecule has 0 saturated heterocycles. The van der Waals surface area contributed by atoms with E-state index in [2.05, 4.69) is 25.7 Å². The van der Waals surface area contributed by atoms with Crippen molar-refractivity contribution in [1.29, 1.82) is 0 Å². The molecule has 2 atom stereocenters. The lowest BCUT2D eigenvalue weighted by molar-refractivity contribution is 0.00415. The van der Waals surface area contributed by atoms with Gasteiger partial charge in [0.25, 0.3) is 0 Å². The highest BCUT2D eigenvalue weighted by Gasteiger charge is 2.29. The Labute approximate surface area is 101 Å². The predicted octanol–water partition coefficient (Wildman–Crippen LogP) is 3.19. The maximum absolute atomic E-state index is 10.1. The zero-order chi connectivity index (χ0) is 12.0. The molecular formula is C14H29NO. The van der Waals surface area contributed by atoms with Gasteiger partial charge in [-0.3, -0.25) is 4.90 Å². The van der Waals surface area contributed by atoms with Crippen LogP contribution in [0.2, 0.25) is 0 Å². The Morgan fingerprint density at radius 2 is 1.88 bits per heavy atom. The largest absolute Gasteiger partial charge is 0.391 e. The fourth-order valence-electron chi connectivity index (χ4n) is 2.83. The van der Waals surface area contributed by atoms with Gasteiger partial charge in [0.05, 0.1) is 6.10 Å². The second-order valence-electron chi connectivity index (χ2n) is 5.46. The second kappa shape index (κ2) is 7.29. The van der Waals surface area contributed by atoms with Gasteiger partial charge in [-0.2, -0.15) is 0 Å². The van der Waals surface area contributed by atoms with Crippen molar-refractivity contribution in [2.45, 2.75) is 83.9 Å². The van der Waals surface area contributed by atoms with Crippen molar-refractivity contribution in [3.63, 3.8) is 0 Å². The van der Waals surface area contributed by atoms with Gasteiger partial charge < -0.3 is 5.11 Å². The van der Waals surface area contributed by atoms with Crippen LogP contribution in [0.1, 0.15) is 65.7 Å². The zero-order valence-corrected chi connectivity index (χ0v) is 11.3. The summed E-state index contributed by atoms with van der Waals surface area (Å²) in [7, 11) is 0. The lowest BCUT2D eigenvalue weighted by atomic mass is 9.90. The highest BCUT2D eigenvalue weighted by atomic mass is 16.3. The Bertz CT molecular complexity index is 182. The molecule has 0 bridgehead atoms. The van der Waals surface area contributed by atoms with E-state index in [1.54, 1.807) is 0 Å². The number of unbranched alkanes of at least 4 members (excludes halogenated alkanes) is 2. The first-order valence-corrected chi connectivity index (χ1v) is 7.10. The summed E-state index contributed by atoms with van der Waals surface area (Å²) in [5, 5.41) is 10.1. The molecular weight excluding hydrogens is 198 g/mol. The van der Waals surface area contributed by atoms with Crippen LogP contribution in [0.5, 0.6) is 0 Å². The van der Waals surface area contributed by atoms with E-state index in [0.717, 1.165) is 13.0 Å². The molecule has 16 heavy (non-hydrogen) atoms. The first kappa shape index (κ1) is 14.0. The van der Waals surface area contributed by atoms with Crippen molar-refractivity contribution in [2.24, 2.45) is 0 Å². The number of aliphatic hydroxyl groups excluding tert-OH is 1. The molecule has 0 aliphatic heterocycles. The Kier molecular flexibility index (Phi) is 6.37. The summed E-state index contributed by atoms with van der Waals surface area (Å²) < 4.78 is 0. The minimum absolute atomic E-state index is 0.0854. The SMILES string of the molecule is CCCCCN(C(C)C)C1CCCCC1O. The number of hydrogen-bond donors (Lipinski definition) is 1. The lowest BCUT2D eigenvalue weighted by Gasteiger charge is -2.40. The Hall–Kier alpha value is -0.0800. The monoisotopic (exact) mass is 227 g/mol. The molecule has 2 heteroatoms. The Morgan fingerprint density at radius 3 is 2.44 bits per heavy atom. The molecule has 0 amide bonds. The van der Waals surface area contributed by atoms with E-state index in [1.807, 2.05) is 0 Å². The fourth-order valence-corrected chi connectivity index (χ4v) is 2.83. The normalized spacial score (nSPS) is 26.6. The van der Waals surface area contributed by atoms with Crippen molar-refractivity contribution < 1.29 is 5.11 Å². The molecule has 1 rings (SSSR count). The van der Waals surface area contributed by atoms with Crippen LogP contribution < -0.4 is 0 Å². The van der Waals surface area contributed by atoms with Crippen LogP contribution in [-0.2, 0) is 0 Å². The maximum atomic E-state index is 10.1. The minimum atomic E-state index is -0.0854. The van der Waals surface area contributed by atoms with Crippen LogP contribution >= 0.6 is 0 Å². The average Bonchev–Trinajstić information content (AvgIpc) is 2.25. The summed E-state index contributed by atoms with van der Waals surface area (Å²) in [5.74, 6) is 0. The molecule has 96 valence electrons. The molecule has 2 nitrogen and oxygen atoms in total. The quantitative estimate of drug-likeness (QED) is 0.704. The molecule has 2 unspecified atom stereocenters. The smallest absolute Gasteiger partial charge is 0.0695 e. The third kappa shape index (κ3) is 4.06. The first-order valence-electron chi connectivity index (χ1n) is 7.10. The van der Waals surface area contributed by atoms with E-state index in [0.29, 0.717) is 12.1 Å². The van der Waals surface area contributed by atoms with Gasteiger partial charge >= 0.3 is 0 Å². The molecule has 0 aromatic heterocycles. The minimum Gasteiger partial charge on any atom is -0.391 e. The summed E-state index contributed by atoms with van der Waals surface area (Å²) in [5.41, 5.74) is 0. The van der Waals surface area contributed by atoms with Crippen molar-refractivity contribution >= 4 is 0 Å². The standard InChI is InChI=1S/C14H29NO/c1-4-5-8-11-15(12(2)3)13-9-6-7-10-14(13)16/h12-14,16H,4-11H2,1-3H3. The van der Waals surface area contributed by atoms with Crippen LogP contribution in [0, 0.1) is 0 Å². The summed E-state index contributed by atoms with van der Waals surface area (Å²) in [6.45, 7) is 7.92. The average molecular weight is 227 g/mol. The highest BCUT2D eigenvalue weighted by Crippen LogP contribution is 2.25. The summed E-state index contributed by atoms with van der Waals surface area (Å²) >= 11 is 0. The van der Waals surface area contributed by atoms with Crippen LogP contribution in [0.25, 0.3) is 0 Å². The summed E-state index contributed by atoms with van der Waals surface area (Å²) in [4.78, 5) is 2.53. The van der Waals surface area contributed by atoms with E-state index in [-0.39, 0.29) is 6.10 Å². The molecule has 0 aromatic carbocycles. The van der Waals surface area contributed by atoms with E-state index < -0.39 is 0 Å². The topological polar surface area (TPSA) is 23.5 Å². The molecule has 1 saturated carbocycles. The van der Waals surface area contributed by atoms with Crippen LogP contribution in [0.3, 0.4) is 0 Å². The molecule has 0 spiro atoms. The highest BCUT2D eigenvalue weighted by molar-refractivity contribution is 4.84. The predicted molar refractivity (Wildman–Crippen MR) is 69.6 cm³/mol. The van der Waals surface area contributed by atoms with Gasteiger partial charge in [-0.15, -0.1) is 0 Å². The van der Waals surface area contributed by atoms with E-state index >= 15 is 0 Å². The van der Waals surface area contributed by atoms with Crippen LogP contribution in [0.4, 0.5) is 0 Å². The zero-order valence-electron chi connectivity index (χ0n) is 11.3. The Morgan fingerprint density at radius 1 is 1.19 bits per heavy atom. The molecule has 1 fully saturated rings. The number of nitrogens with zero attached hydrogens (tertiary/aromatic N) is 1. The first-order chi connectivity index (χ1) is 7.66. The third-order valence-electron chi connectivity index (χ3n) is 3.80. The van der Waals surface area contributed by atoms with Crippen molar-refractivity contribution in [1.82, 2.24) is 4.90 Å². The van der Waals surface area contributed by atoms with Gasteiger partial charge in [0.1, 0.15) is 0 Å². The second-order valence-corrected chi connectivity index (χ2v) is 5.46. The fraction of sp³-hybridized carbons (Fsp3) is 1.00. The van der Waals surface area contributed by atoms with Gasteiger partial charge in [-0.1, -0.05) is 32.6 Å². The van der Waals surface area contributed by atoms with Crippen molar-refractivity contribution in [3.8, 4) is 0 Å². The van der Waals surface area contributed by atoms with Gasteiger partial charge in [-0.05, 0) is 39.7 Å². The summed E-state index contributed by atoms with van der Waals surface area (Å²) in [6.07, 6.45) is 8.46. The van der Waals surface area contributed by atoms with E-state index in [9.17, 15) is 5.11 Å². The molecule has 0 heterocycles. The van der Waals surface area contributed by atoms with Crippen molar-refractivity contribution in [3.05, 3.63) is 0 Å². The molecule has 1 N–H and O–H groups in total. The molecule has 0 aromatic rings. The number of aliphatic hydroxyl groups is 1. The van der Waals surface area contributed by atoms with Crippen LogP contribution in [-0.4, -0.2) is 34.7 Å². The Balaban J connectivity index is 2.47. The molecule has 1 aliphatic rings. The van der Waals surface area contributed by atoms with Gasteiger partial charge in [-0.25, -0.2) is 0 Å². The lowest BCUT2D eigenvalue weighted by Crippen LogP contribution is -2.49. The number of hydrogen-bond acceptors (Lipinski definition) is 2. The number of rotatable bonds is 6. The van der Waals surface area contributed by atoms with E-state index in [1.165, 1.54) is 38.5 Å². The molecule has 0 radical (unpaired) electrons.